The van der Waals surface area contributed by atoms with Gasteiger partial charge in [0, 0.05) is 0 Å². The monoisotopic (exact) mass is 199 g/mol. The molecule has 0 atom stereocenters. The van der Waals surface area contributed by atoms with E-state index in [9.17, 15) is 4.79 Å². The number of benzene rings is 1. The summed E-state index contributed by atoms with van der Waals surface area (Å²) in [4.78, 5) is 10.9. The number of ether oxygens (including phenoxy) is 1. The third-order valence-corrected chi connectivity index (χ3v) is 1.82. The topological polar surface area (TPSA) is 52.3 Å². The van der Waals surface area contributed by atoms with Crippen molar-refractivity contribution >= 4 is 17.5 Å². The van der Waals surface area contributed by atoms with Crippen LogP contribution in [0.1, 0.15) is 17.3 Å². The van der Waals surface area contributed by atoms with Crippen LogP contribution >= 0.6 is 11.6 Å². The molecule has 2 N–H and O–H groups in total. The molecule has 0 radical (unpaired) electrons. The van der Waals surface area contributed by atoms with Crippen molar-refractivity contribution in [1.29, 1.82) is 0 Å². The number of halogens is 1. The van der Waals surface area contributed by atoms with Gasteiger partial charge in [-0.15, -0.1) is 0 Å². The summed E-state index contributed by atoms with van der Waals surface area (Å²) in [5, 5.41) is 0.401. The van der Waals surface area contributed by atoms with Crippen molar-refractivity contribution in [3.8, 4) is 5.75 Å². The number of amides is 1. The van der Waals surface area contributed by atoms with Gasteiger partial charge in [-0.05, 0) is 19.1 Å². The van der Waals surface area contributed by atoms with E-state index in [-0.39, 0.29) is 0 Å². The largest absolute Gasteiger partial charge is 0.491 e. The van der Waals surface area contributed by atoms with Gasteiger partial charge in [-0.3, -0.25) is 4.79 Å². The van der Waals surface area contributed by atoms with Crippen LogP contribution in [0.4, 0.5) is 0 Å². The number of carbonyl (C=O) groups excluding carboxylic acids is 1. The predicted molar refractivity (Wildman–Crippen MR) is 51.1 cm³/mol. The second kappa shape index (κ2) is 4.14. The summed E-state index contributed by atoms with van der Waals surface area (Å²) < 4.78 is 5.20. The normalized spacial score (nSPS) is 9.69. The fourth-order valence-corrected chi connectivity index (χ4v) is 1.22. The lowest BCUT2D eigenvalue weighted by Gasteiger charge is -2.08. The number of nitrogens with two attached hydrogens (primary N) is 1. The number of hydrogen-bond donors (Lipinski definition) is 1. The zero-order chi connectivity index (χ0) is 9.84. The molecule has 0 saturated carbocycles. The van der Waals surface area contributed by atoms with Crippen molar-refractivity contribution in [2.45, 2.75) is 6.92 Å². The van der Waals surface area contributed by atoms with E-state index in [1.807, 2.05) is 6.92 Å². The lowest BCUT2D eigenvalue weighted by molar-refractivity contribution is 0.0996. The van der Waals surface area contributed by atoms with Gasteiger partial charge in [-0.25, -0.2) is 0 Å². The Kier molecular flexibility index (Phi) is 3.14. The lowest BCUT2D eigenvalue weighted by atomic mass is 10.2. The number of rotatable bonds is 3. The van der Waals surface area contributed by atoms with E-state index in [4.69, 9.17) is 22.1 Å². The van der Waals surface area contributed by atoms with Crippen LogP contribution in [-0.2, 0) is 0 Å². The van der Waals surface area contributed by atoms with Crippen LogP contribution in [0.3, 0.4) is 0 Å². The Bertz CT molecular complexity index is 325. The van der Waals surface area contributed by atoms with Gasteiger partial charge in [0.15, 0.2) is 5.75 Å². The molecule has 0 saturated heterocycles. The molecule has 0 bridgehead atoms. The minimum Gasteiger partial charge on any atom is -0.491 e. The standard InChI is InChI=1S/C9H10ClNO2/c1-2-13-8-6(9(11)12)4-3-5-7(8)10/h3-5H,2H2,1H3,(H2,11,12). The second-order valence-electron chi connectivity index (χ2n) is 2.41. The molecule has 1 aromatic rings. The van der Waals surface area contributed by atoms with Crippen LogP contribution < -0.4 is 10.5 Å². The first-order chi connectivity index (χ1) is 6.16. The Balaban J connectivity index is 3.17. The Morgan fingerprint density at radius 1 is 1.62 bits per heavy atom. The second-order valence-corrected chi connectivity index (χ2v) is 2.82. The number of hydrogen-bond acceptors (Lipinski definition) is 2. The highest BCUT2D eigenvalue weighted by Crippen LogP contribution is 2.28. The van der Waals surface area contributed by atoms with Crippen molar-refractivity contribution in [2.75, 3.05) is 6.61 Å². The summed E-state index contributed by atoms with van der Waals surface area (Å²) in [6, 6.07) is 4.89. The Morgan fingerprint density at radius 2 is 2.31 bits per heavy atom. The van der Waals surface area contributed by atoms with E-state index in [2.05, 4.69) is 0 Å². The molecule has 70 valence electrons. The van der Waals surface area contributed by atoms with Crippen LogP contribution in [0.15, 0.2) is 18.2 Å². The molecule has 13 heavy (non-hydrogen) atoms. The third-order valence-electron chi connectivity index (χ3n) is 1.52. The van der Waals surface area contributed by atoms with Crippen molar-refractivity contribution in [3.63, 3.8) is 0 Å². The van der Waals surface area contributed by atoms with Gasteiger partial charge in [0.1, 0.15) is 0 Å². The van der Waals surface area contributed by atoms with Crippen molar-refractivity contribution < 1.29 is 9.53 Å². The fraction of sp³-hybridized carbons (Fsp3) is 0.222. The molecule has 4 heteroatoms. The SMILES string of the molecule is CCOc1c(Cl)cccc1C(N)=O. The maximum Gasteiger partial charge on any atom is 0.252 e. The third kappa shape index (κ3) is 2.12. The molecule has 0 aliphatic carbocycles. The maximum atomic E-state index is 10.9. The Labute approximate surface area is 81.4 Å². The average Bonchev–Trinajstić information content (AvgIpc) is 2.08. The average molecular weight is 200 g/mol. The summed E-state index contributed by atoms with van der Waals surface area (Å²) in [5.41, 5.74) is 5.45. The predicted octanol–water partition coefficient (Wildman–Crippen LogP) is 1.84. The number of carbonyl (C=O) groups is 1. The van der Waals surface area contributed by atoms with Gasteiger partial charge < -0.3 is 10.5 Å². The van der Waals surface area contributed by atoms with E-state index < -0.39 is 5.91 Å². The quantitative estimate of drug-likeness (QED) is 0.808. The van der Waals surface area contributed by atoms with Crippen LogP contribution in [-0.4, -0.2) is 12.5 Å². The molecule has 0 aromatic heterocycles. The highest BCUT2D eigenvalue weighted by Gasteiger charge is 2.11. The van der Waals surface area contributed by atoms with Crippen LogP contribution in [0.2, 0.25) is 5.02 Å². The van der Waals surface area contributed by atoms with E-state index in [1.54, 1.807) is 18.2 Å². The molecule has 3 nitrogen and oxygen atoms in total. The molecule has 0 heterocycles. The molecule has 0 unspecified atom stereocenters. The molecule has 0 fully saturated rings. The molecule has 0 aliphatic heterocycles. The fourth-order valence-electron chi connectivity index (χ4n) is 0.994. The Morgan fingerprint density at radius 3 is 2.85 bits per heavy atom. The summed E-state index contributed by atoms with van der Waals surface area (Å²) in [6.45, 7) is 2.26. The summed E-state index contributed by atoms with van der Waals surface area (Å²) in [7, 11) is 0. The van der Waals surface area contributed by atoms with E-state index in [0.29, 0.717) is 22.9 Å². The molecule has 0 spiro atoms. The molecule has 0 aliphatic rings. The summed E-state index contributed by atoms with van der Waals surface area (Å²) in [5.74, 6) is -0.176. The first kappa shape index (κ1) is 9.86. The van der Waals surface area contributed by atoms with Gasteiger partial charge in [0.25, 0.3) is 5.91 Å². The molecular formula is C9H10ClNO2. The minimum atomic E-state index is -0.536. The van der Waals surface area contributed by atoms with Crippen molar-refractivity contribution in [3.05, 3.63) is 28.8 Å². The summed E-state index contributed by atoms with van der Waals surface area (Å²) >= 11 is 5.82. The van der Waals surface area contributed by atoms with Gasteiger partial charge >= 0.3 is 0 Å². The van der Waals surface area contributed by atoms with E-state index >= 15 is 0 Å². The van der Waals surface area contributed by atoms with Gasteiger partial charge in [0.05, 0.1) is 17.2 Å². The zero-order valence-electron chi connectivity index (χ0n) is 7.21. The summed E-state index contributed by atoms with van der Waals surface area (Å²) in [6.07, 6.45) is 0. The number of primary amides is 1. The van der Waals surface area contributed by atoms with Gasteiger partial charge in [-0.2, -0.15) is 0 Å². The minimum absolute atomic E-state index is 0.314. The lowest BCUT2D eigenvalue weighted by Crippen LogP contribution is -2.13. The highest BCUT2D eigenvalue weighted by atomic mass is 35.5. The first-order valence-electron chi connectivity index (χ1n) is 3.88. The molecule has 1 rings (SSSR count). The molecular weight excluding hydrogens is 190 g/mol. The zero-order valence-corrected chi connectivity index (χ0v) is 7.97. The number of para-hydroxylation sites is 1. The van der Waals surface area contributed by atoms with Gasteiger partial charge in [-0.1, -0.05) is 17.7 Å². The Hall–Kier alpha value is -1.22. The highest BCUT2D eigenvalue weighted by molar-refractivity contribution is 6.32. The van der Waals surface area contributed by atoms with Crippen molar-refractivity contribution in [1.82, 2.24) is 0 Å². The van der Waals surface area contributed by atoms with Crippen LogP contribution in [0.5, 0.6) is 5.75 Å². The maximum absolute atomic E-state index is 10.9. The van der Waals surface area contributed by atoms with Crippen molar-refractivity contribution in [2.24, 2.45) is 5.73 Å². The smallest absolute Gasteiger partial charge is 0.252 e. The molecule has 1 amide bonds. The van der Waals surface area contributed by atoms with Gasteiger partial charge in [0.2, 0.25) is 0 Å². The first-order valence-corrected chi connectivity index (χ1v) is 4.25. The van der Waals surface area contributed by atoms with E-state index in [0.717, 1.165) is 0 Å². The van der Waals surface area contributed by atoms with Crippen LogP contribution in [0, 0.1) is 0 Å². The van der Waals surface area contributed by atoms with Crippen LogP contribution in [0.25, 0.3) is 0 Å². The molecule has 1 aromatic carbocycles. The van der Waals surface area contributed by atoms with E-state index in [1.165, 1.54) is 0 Å².